The Bertz CT molecular complexity index is 311. The topological polar surface area (TPSA) is 55.6 Å². The van der Waals surface area contributed by atoms with E-state index in [0.29, 0.717) is 12.0 Å². The lowest BCUT2D eigenvalue weighted by Crippen LogP contribution is -2.55. The second kappa shape index (κ2) is 4.25. The third-order valence-corrected chi connectivity index (χ3v) is 4.99. The number of fused-ring (bicyclic) bond motifs is 2. The van der Waals surface area contributed by atoms with Gasteiger partial charge in [-0.25, -0.2) is 0 Å². The van der Waals surface area contributed by atoms with Gasteiger partial charge in [0.1, 0.15) is 6.04 Å². The van der Waals surface area contributed by atoms with E-state index in [1.54, 1.807) is 0 Å². The molecule has 3 aliphatic rings. The van der Waals surface area contributed by atoms with Crippen molar-refractivity contribution in [2.75, 3.05) is 26.3 Å². The largest absolute Gasteiger partial charge is 0.378 e. The molecule has 1 amide bonds. The molecule has 0 radical (unpaired) electrons. The maximum Gasteiger partial charge on any atom is 0.237 e. The van der Waals surface area contributed by atoms with Crippen LogP contribution in [0.15, 0.2) is 0 Å². The van der Waals surface area contributed by atoms with Gasteiger partial charge >= 0.3 is 0 Å². The summed E-state index contributed by atoms with van der Waals surface area (Å²) in [4.78, 5) is 13.7. The standard InChI is InChI=1S/C13H22N2O2/c14-12(16)11-8-17-6-5-15(11)9-13-3-1-10(7-13)2-4-13/h10-11H,1-9H2,(H2,14,16)/t10?,11-,13?/m0/s1. The third-order valence-electron chi connectivity index (χ3n) is 4.99. The van der Waals surface area contributed by atoms with E-state index in [2.05, 4.69) is 4.90 Å². The van der Waals surface area contributed by atoms with E-state index in [-0.39, 0.29) is 11.9 Å². The predicted octanol–water partition coefficient (Wildman–Crippen LogP) is 0.753. The van der Waals surface area contributed by atoms with Gasteiger partial charge in [-0.1, -0.05) is 0 Å². The van der Waals surface area contributed by atoms with Gasteiger partial charge in [-0.2, -0.15) is 0 Å². The van der Waals surface area contributed by atoms with E-state index < -0.39 is 0 Å². The SMILES string of the molecule is NC(=O)[C@@H]1COCCN1CC12CCC(CC1)C2. The Morgan fingerprint density at radius 3 is 2.76 bits per heavy atom. The maximum atomic E-state index is 11.4. The highest BCUT2D eigenvalue weighted by atomic mass is 16.5. The van der Waals surface area contributed by atoms with Gasteiger partial charge in [0.25, 0.3) is 0 Å². The van der Waals surface area contributed by atoms with Crippen LogP contribution in [0.4, 0.5) is 0 Å². The molecule has 0 unspecified atom stereocenters. The van der Waals surface area contributed by atoms with Crippen molar-refractivity contribution < 1.29 is 9.53 Å². The minimum atomic E-state index is -0.228. The van der Waals surface area contributed by atoms with E-state index in [9.17, 15) is 4.79 Å². The first-order chi connectivity index (χ1) is 8.19. The van der Waals surface area contributed by atoms with Crippen molar-refractivity contribution in [3.05, 3.63) is 0 Å². The lowest BCUT2D eigenvalue weighted by atomic mass is 9.83. The van der Waals surface area contributed by atoms with Crippen LogP contribution >= 0.6 is 0 Å². The summed E-state index contributed by atoms with van der Waals surface area (Å²) >= 11 is 0. The number of ether oxygens (including phenoxy) is 1. The summed E-state index contributed by atoms with van der Waals surface area (Å²) < 4.78 is 5.37. The molecule has 1 saturated heterocycles. The van der Waals surface area contributed by atoms with Crippen LogP contribution in [-0.2, 0) is 9.53 Å². The summed E-state index contributed by atoms with van der Waals surface area (Å²) in [6, 6.07) is -0.197. The smallest absolute Gasteiger partial charge is 0.237 e. The number of amides is 1. The molecular formula is C13H22N2O2. The molecule has 0 spiro atoms. The van der Waals surface area contributed by atoms with Gasteiger partial charge in [-0.15, -0.1) is 0 Å². The molecule has 4 heteroatoms. The van der Waals surface area contributed by atoms with Gasteiger partial charge in [0.2, 0.25) is 5.91 Å². The number of carbonyl (C=O) groups excluding carboxylic acids is 1. The minimum absolute atomic E-state index is 0.197. The van der Waals surface area contributed by atoms with Crippen molar-refractivity contribution in [2.24, 2.45) is 17.1 Å². The molecule has 0 aromatic heterocycles. The highest BCUT2D eigenvalue weighted by Crippen LogP contribution is 2.54. The van der Waals surface area contributed by atoms with Gasteiger partial charge in [0.15, 0.2) is 0 Å². The second-order valence-corrected chi connectivity index (χ2v) is 6.11. The van der Waals surface area contributed by atoms with Crippen LogP contribution in [0.3, 0.4) is 0 Å². The van der Waals surface area contributed by atoms with Crippen LogP contribution in [0.25, 0.3) is 0 Å². The predicted molar refractivity (Wildman–Crippen MR) is 64.4 cm³/mol. The van der Waals surface area contributed by atoms with Crippen LogP contribution in [0.5, 0.6) is 0 Å². The lowest BCUT2D eigenvalue weighted by Gasteiger charge is -2.39. The van der Waals surface area contributed by atoms with Gasteiger partial charge in [0, 0.05) is 13.1 Å². The molecule has 0 aromatic carbocycles. The number of primary amides is 1. The summed E-state index contributed by atoms with van der Waals surface area (Å²) in [6.45, 7) is 3.14. The van der Waals surface area contributed by atoms with Crippen molar-refractivity contribution >= 4 is 5.91 Å². The number of nitrogens with two attached hydrogens (primary N) is 1. The summed E-state index contributed by atoms with van der Waals surface area (Å²) in [6.07, 6.45) is 6.86. The molecule has 2 saturated carbocycles. The van der Waals surface area contributed by atoms with Crippen LogP contribution in [0, 0.1) is 11.3 Å². The zero-order valence-corrected chi connectivity index (χ0v) is 10.4. The van der Waals surface area contributed by atoms with E-state index in [1.807, 2.05) is 0 Å². The van der Waals surface area contributed by atoms with Crippen LogP contribution in [0.1, 0.15) is 32.1 Å². The number of nitrogens with zero attached hydrogens (tertiary/aromatic N) is 1. The number of carbonyl (C=O) groups is 1. The molecule has 1 atom stereocenters. The number of rotatable bonds is 3. The summed E-state index contributed by atoms with van der Waals surface area (Å²) in [5.41, 5.74) is 5.96. The molecule has 96 valence electrons. The van der Waals surface area contributed by atoms with Crippen molar-refractivity contribution in [2.45, 2.75) is 38.1 Å². The Kier molecular flexibility index (Phi) is 2.87. The van der Waals surface area contributed by atoms with Crippen molar-refractivity contribution in [1.82, 2.24) is 4.90 Å². The third kappa shape index (κ3) is 2.08. The minimum Gasteiger partial charge on any atom is -0.378 e. The van der Waals surface area contributed by atoms with E-state index in [0.717, 1.165) is 25.6 Å². The molecule has 2 aliphatic carbocycles. The Hall–Kier alpha value is -0.610. The summed E-state index contributed by atoms with van der Waals surface area (Å²) in [7, 11) is 0. The maximum absolute atomic E-state index is 11.4. The molecular weight excluding hydrogens is 216 g/mol. The van der Waals surface area contributed by atoms with Crippen LogP contribution in [0.2, 0.25) is 0 Å². The van der Waals surface area contributed by atoms with Crippen molar-refractivity contribution in [3.63, 3.8) is 0 Å². The molecule has 2 N–H and O–H groups in total. The Balaban J connectivity index is 1.68. The molecule has 3 fully saturated rings. The second-order valence-electron chi connectivity index (χ2n) is 6.11. The molecule has 4 nitrogen and oxygen atoms in total. The first-order valence-corrected chi connectivity index (χ1v) is 6.80. The molecule has 0 aromatic rings. The molecule has 17 heavy (non-hydrogen) atoms. The fourth-order valence-corrected chi connectivity index (χ4v) is 4.05. The number of hydrogen-bond acceptors (Lipinski definition) is 3. The molecule has 3 rings (SSSR count). The van der Waals surface area contributed by atoms with E-state index >= 15 is 0 Å². The quantitative estimate of drug-likeness (QED) is 0.789. The van der Waals surface area contributed by atoms with E-state index in [4.69, 9.17) is 10.5 Å². The lowest BCUT2D eigenvalue weighted by molar-refractivity contribution is -0.130. The zero-order chi connectivity index (χ0) is 11.9. The number of hydrogen-bond donors (Lipinski definition) is 1. The van der Waals surface area contributed by atoms with Gasteiger partial charge in [-0.3, -0.25) is 9.69 Å². The fourth-order valence-electron chi connectivity index (χ4n) is 4.05. The van der Waals surface area contributed by atoms with Gasteiger partial charge < -0.3 is 10.5 Å². The molecule has 2 bridgehead atoms. The highest BCUT2D eigenvalue weighted by Gasteiger charge is 2.46. The Morgan fingerprint density at radius 2 is 2.18 bits per heavy atom. The highest BCUT2D eigenvalue weighted by molar-refractivity contribution is 5.80. The normalized spacial score (nSPS) is 41.9. The zero-order valence-electron chi connectivity index (χ0n) is 10.4. The molecule has 1 heterocycles. The van der Waals surface area contributed by atoms with E-state index in [1.165, 1.54) is 32.1 Å². The summed E-state index contributed by atoms with van der Waals surface area (Å²) in [5.74, 6) is 0.733. The first kappa shape index (κ1) is 11.5. The molecule has 1 aliphatic heterocycles. The monoisotopic (exact) mass is 238 g/mol. The average Bonchev–Trinajstić information content (AvgIpc) is 2.89. The Labute approximate surface area is 102 Å². The van der Waals surface area contributed by atoms with Gasteiger partial charge in [0.05, 0.1) is 13.2 Å². The Morgan fingerprint density at radius 1 is 1.41 bits per heavy atom. The van der Waals surface area contributed by atoms with Crippen molar-refractivity contribution in [3.8, 4) is 0 Å². The number of morpholine rings is 1. The van der Waals surface area contributed by atoms with Crippen molar-refractivity contribution in [1.29, 1.82) is 0 Å². The van der Waals surface area contributed by atoms with Crippen LogP contribution < -0.4 is 5.73 Å². The first-order valence-electron chi connectivity index (χ1n) is 6.80. The average molecular weight is 238 g/mol. The summed E-state index contributed by atoms with van der Waals surface area (Å²) in [5, 5.41) is 0. The van der Waals surface area contributed by atoms with Gasteiger partial charge in [-0.05, 0) is 43.4 Å². The van der Waals surface area contributed by atoms with Crippen LogP contribution in [-0.4, -0.2) is 43.2 Å². The fraction of sp³-hybridized carbons (Fsp3) is 0.923.